The highest BCUT2D eigenvalue weighted by atomic mass is 35.5. The van der Waals surface area contributed by atoms with Crippen LogP contribution in [0.5, 0.6) is 0 Å². The van der Waals surface area contributed by atoms with Gasteiger partial charge in [0.1, 0.15) is 0 Å². The zero-order valence-electron chi connectivity index (χ0n) is 11.1. The smallest absolute Gasteiger partial charge is 0.163 e. The van der Waals surface area contributed by atoms with Crippen LogP contribution in [0.15, 0.2) is 30.3 Å². The van der Waals surface area contributed by atoms with Crippen LogP contribution in [0.4, 0.5) is 8.78 Å². The van der Waals surface area contributed by atoms with Crippen molar-refractivity contribution in [1.82, 2.24) is 5.32 Å². The van der Waals surface area contributed by atoms with Gasteiger partial charge in [0.2, 0.25) is 0 Å². The average molecular weight is 316 g/mol. The Labute approximate surface area is 126 Å². The highest BCUT2D eigenvalue weighted by Gasteiger charge is 2.18. The summed E-state index contributed by atoms with van der Waals surface area (Å²) in [5, 5.41) is 3.27. The molecule has 1 N–H and O–H groups in total. The monoisotopic (exact) mass is 315 g/mol. The topological polar surface area (TPSA) is 12.0 Å². The molecule has 0 amide bonds. The second-order valence-electron chi connectivity index (χ2n) is 4.56. The normalized spacial score (nSPS) is 12.6. The molecule has 0 aliphatic rings. The van der Waals surface area contributed by atoms with Crippen molar-refractivity contribution < 1.29 is 8.78 Å². The Morgan fingerprint density at radius 2 is 2.05 bits per heavy atom. The van der Waals surface area contributed by atoms with E-state index < -0.39 is 11.6 Å². The van der Waals surface area contributed by atoms with E-state index in [0.29, 0.717) is 16.3 Å². The summed E-state index contributed by atoms with van der Waals surface area (Å²) in [6.45, 7) is 2.79. The van der Waals surface area contributed by atoms with Crippen LogP contribution in [0.3, 0.4) is 0 Å². The molecule has 0 radical (unpaired) electrons. The van der Waals surface area contributed by atoms with Gasteiger partial charge in [-0.25, -0.2) is 8.78 Å². The summed E-state index contributed by atoms with van der Waals surface area (Å²) in [4.78, 5) is 1.05. The van der Waals surface area contributed by atoms with Crippen molar-refractivity contribution in [1.29, 1.82) is 0 Å². The summed E-state index contributed by atoms with van der Waals surface area (Å²) in [6, 6.07) is 7.79. The van der Waals surface area contributed by atoms with Gasteiger partial charge in [-0.2, -0.15) is 0 Å². The molecule has 0 saturated carbocycles. The van der Waals surface area contributed by atoms with Crippen molar-refractivity contribution in [3.05, 3.63) is 56.7 Å². The SMILES string of the molecule is CCCNC(Cc1ccc(Cl)s1)c1cccc(F)c1F. The third-order valence-electron chi connectivity index (χ3n) is 3.03. The Hall–Kier alpha value is -0.970. The van der Waals surface area contributed by atoms with Crippen molar-refractivity contribution in [2.45, 2.75) is 25.8 Å². The van der Waals surface area contributed by atoms with Crippen molar-refractivity contribution in [2.75, 3.05) is 6.54 Å². The van der Waals surface area contributed by atoms with Crippen molar-refractivity contribution in [3.8, 4) is 0 Å². The van der Waals surface area contributed by atoms with Gasteiger partial charge in [-0.15, -0.1) is 11.3 Å². The molecule has 0 aliphatic heterocycles. The molecule has 1 heterocycles. The first-order valence-electron chi connectivity index (χ1n) is 6.53. The predicted molar refractivity (Wildman–Crippen MR) is 80.4 cm³/mol. The minimum Gasteiger partial charge on any atom is -0.310 e. The Morgan fingerprint density at radius 3 is 2.70 bits per heavy atom. The standard InChI is InChI=1S/C15H16ClF2NS/c1-2-8-19-13(9-10-6-7-14(16)20-10)11-4-3-5-12(17)15(11)18/h3-7,13,19H,2,8-9H2,1H3. The number of benzene rings is 1. The second-order valence-corrected chi connectivity index (χ2v) is 6.36. The fraction of sp³-hybridized carbons (Fsp3) is 0.333. The van der Waals surface area contributed by atoms with Gasteiger partial charge in [-0.1, -0.05) is 30.7 Å². The van der Waals surface area contributed by atoms with Crippen LogP contribution in [0.2, 0.25) is 4.34 Å². The largest absolute Gasteiger partial charge is 0.310 e. The Balaban J connectivity index is 2.24. The molecule has 1 aromatic heterocycles. The summed E-state index contributed by atoms with van der Waals surface area (Å²) < 4.78 is 28.0. The average Bonchev–Trinajstić information content (AvgIpc) is 2.83. The molecule has 0 aliphatic carbocycles. The lowest BCUT2D eigenvalue weighted by Crippen LogP contribution is -2.25. The molecule has 1 aromatic carbocycles. The van der Waals surface area contributed by atoms with Gasteiger partial charge in [0.25, 0.3) is 0 Å². The number of nitrogens with one attached hydrogen (secondary N) is 1. The van der Waals surface area contributed by atoms with Gasteiger partial charge < -0.3 is 5.32 Å². The molecule has 2 rings (SSSR count). The van der Waals surface area contributed by atoms with Crippen LogP contribution in [-0.2, 0) is 6.42 Å². The number of rotatable bonds is 6. The maximum Gasteiger partial charge on any atom is 0.163 e. The minimum atomic E-state index is -0.810. The Morgan fingerprint density at radius 1 is 1.25 bits per heavy atom. The first kappa shape index (κ1) is 15.4. The molecule has 0 bridgehead atoms. The van der Waals surface area contributed by atoms with Crippen LogP contribution >= 0.6 is 22.9 Å². The summed E-state index contributed by atoms with van der Waals surface area (Å²) in [7, 11) is 0. The Bertz CT molecular complexity index is 571. The third kappa shape index (κ3) is 3.78. The van der Waals surface area contributed by atoms with E-state index in [9.17, 15) is 8.78 Å². The van der Waals surface area contributed by atoms with E-state index in [4.69, 9.17) is 11.6 Å². The molecule has 0 saturated heterocycles. The summed E-state index contributed by atoms with van der Waals surface area (Å²) in [5.74, 6) is -1.58. The fourth-order valence-electron chi connectivity index (χ4n) is 2.06. The Kier molecular flexibility index (Phi) is 5.52. The van der Waals surface area contributed by atoms with Crippen molar-refractivity contribution in [3.63, 3.8) is 0 Å². The van der Waals surface area contributed by atoms with E-state index in [1.54, 1.807) is 6.07 Å². The van der Waals surface area contributed by atoms with Crippen LogP contribution in [0.25, 0.3) is 0 Å². The van der Waals surface area contributed by atoms with E-state index in [0.717, 1.165) is 23.9 Å². The second kappa shape index (κ2) is 7.16. The maximum atomic E-state index is 13.9. The number of thiophene rings is 1. The molecule has 1 unspecified atom stereocenters. The van der Waals surface area contributed by atoms with Gasteiger partial charge in [0, 0.05) is 22.9 Å². The predicted octanol–water partition coefficient (Wildman–Crippen LogP) is 4.96. The third-order valence-corrected chi connectivity index (χ3v) is 4.29. The molecule has 0 spiro atoms. The van der Waals surface area contributed by atoms with Gasteiger partial charge in [0.05, 0.1) is 4.34 Å². The molecule has 0 fully saturated rings. The van der Waals surface area contributed by atoms with Crippen LogP contribution in [0, 0.1) is 11.6 Å². The molecule has 1 nitrogen and oxygen atoms in total. The molecule has 108 valence electrons. The number of hydrogen-bond donors (Lipinski definition) is 1. The lowest BCUT2D eigenvalue weighted by molar-refractivity contribution is 0.460. The minimum absolute atomic E-state index is 0.250. The summed E-state index contributed by atoms with van der Waals surface area (Å²) in [6.07, 6.45) is 1.52. The highest BCUT2D eigenvalue weighted by molar-refractivity contribution is 7.16. The van der Waals surface area contributed by atoms with Crippen LogP contribution in [-0.4, -0.2) is 6.54 Å². The van der Waals surface area contributed by atoms with Crippen LogP contribution < -0.4 is 5.32 Å². The van der Waals surface area contributed by atoms with Gasteiger partial charge in [0.15, 0.2) is 11.6 Å². The van der Waals surface area contributed by atoms with Crippen molar-refractivity contribution in [2.24, 2.45) is 0 Å². The zero-order valence-corrected chi connectivity index (χ0v) is 12.7. The van der Waals surface area contributed by atoms with Gasteiger partial charge in [-0.05, 0) is 31.2 Å². The molecule has 1 atom stereocenters. The van der Waals surface area contributed by atoms with E-state index in [-0.39, 0.29) is 6.04 Å². The first-order valence-corrected chi connectivity index (χ1v) is 7.72. The summed E-state index contributed by atoms with van der Waals surface area (Å²) >= 11 is 7.38. The van der Waals surface area contributed by atoms with Crippen LogP contribution in [0.1, 0.15) is 29.8 Å². The summed E-state index contributed by atoms with van der Waals surface area (Å²) in [5.41, 5.74) is 0.364. The lowest BCUT2D eigenvalue weighted by Gasteiger charge is -2.19. The molecular weight excluding hydrogens is 300 g/mol. The number of halogens is 3. The van der Waals surface area contributed by atoms with Gasteiger partial charge >= 0.3 is 0 Å². The first-order chi connectivity index (χ1) is 9.61. The maximum absolute atomic E-state index is 13.9. The van der Waals surface area contributed by atoms with E-state index in [1.165, 1.54) is 17.4 Å². The molecule has 2 aromatic rings. The molecule has 20 heavy (non-hydrogen) atoms. The fourth-order valence-corrected chi connectivity index (χ4v) is 3.20. The lowest BCUT2D eigenvalue weighted by atomic mass is 10.0. The quantitative estimate of drug-likeness (QED) is 0.794. The molecule has 5 heteroatoms. The van der Waals surface area contributed by atoms with E-state index in [2.05, 4.69) is 5.32 Å². The van der Waals surface area contributed by atoms with E-state index in [1.807, 2.05) is 19.1 Å². The highest BCUT2D eigenvalue weighted by Crippen LogP contribution is 2.28. The van der Waals surface area contributed by atoms with E-state index >= 15 is 0 Å². The number of hydrogen-bond acceptors (Lipinski definition) is 2. The zero-order chi connectivity index (χ0) is 14.5. The van der Waals surface area contributed by atoms with Crippen molar-refractivity contribution >= 4 is 22.9 Å². The van der Waals surface area contributed by atoms with Gasteiger partial charge in [-0.3, -0.25) is 0 Å². The molecular formula is C15H16ClF2NS.